The number of aliphatic hydroxyl groups excluding tert-OH is 1. The minimum atomic E-state index is 0.0408. The summed E-state index contributed by atoms with van der Waals surface area (Å²) in [5.41, 5.74) is 3.14. The summed E-state index contributed by atoms with van der Waals surface area (Å²) in [6, 6.07) is 4.51. The van der Waals surface area contributed by atoms with Crippen molar-refractivity contribution in [2.45, 2.75) is 52.2 Å². The maximum absolute atomic E-state index is 10.3. The van der Waals surface area contributed by atoms with Crippen LogP contribution >= 0.6 is 11.3 Å². The van der Waals surface area contributed by atoms with E-state index in [1.165, 1.54) is 4.88 Å². The number of thiazole rings is 1. The van der Waals surface area contributed by atoms with Gasteiger partial charge in [0.15, 0.2) is 0 Å². The molecule has 5 nitrogen and oxygen atoms in total. The van der Waals surface area contributed by atoms with Gasteiger partial charge in [-0.15, -0.1) is 11.3 Å². The number of fused-ring (bicyclic) bond motifs is 1. The van der Waals surface area contributed by atoms with Gasteiger partial charge in [-0.2, -0.15) is 0 Å². The molecule has 2 aliphatic heterocycles. The monoisotopic (exact) mass is 375 g/mol. The molecule has 2 aliphatic rings. The molecule has 0 saturated carbocycles. The number of aryl methyl sites for hydroxylation is 2. The van der Waals surface area contributed by atoms with E-state index in [2.05, 4.69) is 27.8 Å². The first-order chi connectivity index (χ1) is 12.6. The minimum absolute atomic E-state index is 0.0408. The smallest absolute Gasteiger partial charge is 0.118 e. The van der Waals surface area contributed by atoms with Gasteiger partial charge in [0.2, 0.25) is 0 Å². The molecular formula is C20H29N3O2S. The maximum Gasteiger partial charge on any atom is 0.118 e. The molecule has 6 heteroatoms. The van der Waals surface area contributed by atoms with E-state index in [-0.39, 0.29) is 5.41 Å². The number of rotatable bonds is 5. The van der Waals surface area contributed by atoms with E-state index in [4.69, 9.17) is 4.42 Å². The largest absolute Gasteiger partial charge is 0.465 e. The van der Waals surface area contributed by atoms with Crippen molar-refractivity contribution < 1.29 is 9.52 Å². The molecule has 0 unspecified atom stereocenters. The summed E-state index contributed by atoms with van der Waals surface area (Å²) < 4.78 is 5.84. The first-order valence-electron chi connectivity index (χ1n) is 9.61. The number of aliphatic hydroxyl groups is 1. The van der Waals surface area contributed by atoms with Crippen LogP contribution in [0.2, 0.25) is 0 Å². The highest BCUT2D eigenvalue weighted by Crippen LogP contribution is 2.43. The van der Waals surface area contributed by atoms with Crippen molar-refractivity contribution in [3.8, 4) is 0 Å². The number of furan rings is 1. The average molecular weight is 376 g/mol. The van der Waals surface area contributed by atoms with E-state index < -0.39 is 0 Å². The molecule has 1 N–H and O–H groups in total. The number of piperidine rings is 2. The topological polar surface area (TPSA) is 52.7 Å². The molecule has 2 atom stereocenters. The highest BCUT2D eigenvalue weighted by Gasteiger charge is 2.47. The second kappa shape index (κ2) is 7.43. The molecule has 2 fully saturated rings. The Morgan fingerprint density at radius 1 is 1.27 bits per heavy atom. The third kappa shape index (κ3) is 3.48. The molecule has 4 heterocycles. The van der Waals surface area contributed by atoms with Crippen molar-refractivity contribution in [2.75, 3.05) is 26.2 Å². The molecule has 26 heavy (non-hydrogen) atoms. The van der Waals surface area contributed by atoms with Crippen LogP contribution in [-0.2, 0) is 13.1 Å². The maximum atomic E-state index is 10.3. The Morgan fingerprint density at radius 2 is 2.15 bits per heavy atom. The first-order valence-corrected chi connectivity index (χ1v) is 10.5. The molecule has 0 aromatic carbocycles. The summed E-state index contributed by atoms with van der Waals surface area (Å²) >= 11 is 1.75. The van der Waals surface area contributed by atoms with Crippen LogP contribution in [0.1, 0.15) is 41.4 Å². The summed E-state index contributed by atoms with van der Waals surface area (Å²) in [6.45, 7) is 9.35. The van der Waals surface area contributed by atoms with Crippen LogP contribution in [0.4, 0.5) is 0 Å². The van der Waals surface area contributed by atoms with E-state index >= 15 is 0 Å². The quantitative estimate of drug-likeness (QED) is 0.870. The number of nitrogens with zero attached hydrogens (tertiary/aromatic N) is 3. The van der Waals surface area contributed by atoms with E-state index in [9.17, 15) is 5.11 Å². The third-order valence-corrected chi connectivity index (χ3v) is 7.23. The normalized spacial score (nSPS) is 27.6. The van der Waals surface area contributed by atoms with E-state index in [1.807, 2.05) is 18.5 Å². The fraction of sp³-hybridized carbons (Fsp3) is 0.650. The summed E-state index contributed by atoms with van der Waals surface area (Å²) in [5, 5.41) is 10.3. The van der Waals surface area contributed by atoms with E-state index in [0.29, 0.717) is 12.6 Å². The Kier molecular flexibility index (Phi) is 5.19. The molecule has 2 saturated heterocycles. The van der Waals surface area contributed by atoms with Crippen LogP contribution in [0.5, 0.6) is 0 Å². The SMILES string of the molecule is Cc1ccc(CN2CCC[C@]3(CO)CCN(Cc4scnc4C)C[C@@H]23)o1. The van der Waals surface area contributed by atoms with Crippen LogP contribution in [0.15, 0.2) is 22.1 Å². The second-order valence-electron chi connectivity index (χ2n) is 7.97. The standard InChI is InChI=1S/C20H29N3O2S/c1-15-4-5-17(25-15)10-23-8-3-6-20(13-24)7-9-22(12-19(20)23)11-18-16(2)21-14-26-18/h4-5,14,19,24H,3,6-13H2,1-2H3/t19-,20-/m1/s1. The van der Waals surface area contributed by atoms with Gasteiger partial charge in [-0.1, -0.05) is 0 Å². The molecule has 4 rings (SSSR count). The minimum Gasteiger partial charge on any atom is -0.465 e. The fourth-order valence-electron chi connectivity index (χ4n) is 4.71. The zero-order valence-corrected chi connectivity index (χ0v) is 16.6. The summed E-state index contributed by atoms with van der Waals surface area (Å²) in [4.78, 5) is 10.9. The lowest BCUT2D eigenvalue weighted by atomic mass is 9.69. The second-order valence-corrected chi connectivity index (χ2v) is 8.91. The third-order valence-electron chi connectivity index (χ3n) is 6.31. The fourth-order valence-corrected chi connectivity index (χ4v) is 5.53. The predicted molar refractivity (Wildman–Crippen MR) is 103 cm³/mol. The molecule has 142 valence electrons. The molecule has 0 aliphatic carbocycles. The molecule has 2 aromatic heterocycles. The van der Waals surface area contributed by atoms with Gasteiger partial charge >= 0.3 is 0 Å². The Balaban J connectivity index is 1.52. The number of hydrogen-bond donors (Lipinski definition) is 1. The van der Waals surface area contributed by atoms with Gasteiger partial charge in [-0.3, -0.25) is 9.80 Å². The van der Waals surface area contributed by atoms with Gasteiger partial charge in [0.1, 0.15) is 11.5 Å². The van der Waals surface area contributed by atoms with Crippen molar-refractivity contribution in [3.63, 3.8) is 0 Å². The van der Waals surface area contributed by atoms with Crippen LogP contribution < -0.4 is 0 Å². The number of aromatic nitrogens is 1. The first kappa shape index (κ1) is 18.2. The predicted octanol–water partition coefficient (Wildman–Crippen LogP) is 3.20. The number of likely N-dealkylation sites (tertiary alicyclic amines) is 2. The Hall–Kier alpha value is -1.21. The van der Waals surface area contributed by atoms with Crippen molar-refractivity contribution in [2.24, 2.45) is 5.41 Å². The van der Waals surface area contributed by atoms with Gasteiger partial charge in [0, 0.05) is 29.4 Å². The van der Waals surface area contributed by atoms with Gasteiger partial charge in [0.25, 0.3) is 0 Å². The van der Waals surface area contributed by atoms with Crippen LogP contribution in [0, 0.1) is 19.3 Å². The molecule has 2 aromatic rings. The van der Waals surface area contributed by atoms with Crippen LogP contribution in [0.25, 0.3) is 0 Å². The van der Waals surface area contributed by atoms with Crippen molar-refractivity contribution in [1.29, 1.82) is 0 Å². The summed E-state index contributed by atoms with van der Waals surface area (Å²) in [7, 11) is 0. The zero-order chi connectivity index (χ0) is 18.1. The van der Waals surface area contributed by atoms with Crippen molar-refractivity contribution in [3.05, 3.63) is 39.7 Å². The molecule has 0 spiro atoms. The molecule has 0 radical (unpaired) electrons. The Morgan fingerprint density at radius 3 is 2.85 bits per heavy atom. The van der Waals surface area contributed by atoms with Gasteiger partial charge in [-0.05, 0) is 58.3 Å². The van der Waals surface area contributed by atoms with Gasteiger partial charge < -0.3 is 9.52 Å². The average Bonchev–Trinajstić information content (AvgIpc) is 3.24. The lowest BCUT2D eigenvalue weighted by Crippen LogP contribution is -2.62. The summed E-state index contributed by atoms with van der Waals surface area (Å²) in [6.07, 6.45) is 3.36. The highest BCUT2D eigenvalue weighted by molar-refractivity contribution is 7.09. The Labute approximate surface area is 159 Å². The van der Waals surface area contributed by atoms with Gasteiger partial charge in [-0.25, -0.2) is 4.98 Å². The number of hydrogen-bond acceptors (Lipinski definition) is 6. The van der Waals surface area contributed by atoms with Crippen molar-refractivity contribution in [1.82, 2.24) is 14.8 Å². The van der Waals surface area contributed by atoms with Gasteiger partial charge in [0.05, 0.1) is 24.4 Å². The molecular weight excluding hydrogens is 346 g/mol. The van der Waals surface area contributed by atoms with E-state index in [1.54, 1.807) is 11.3 Å². The lowest BCUT2D eigenvalue weighted by molar-refractivity contribution is -0.0823. The van der Waals surface area contributed by atoms with Crippen LogP contribution in [-0.4, -0.2) is 52.2 Å². The van der Waals surface area contributed by atoms with Crippen LogP contribution in [0.3, 0.4) is 0 Å². The lowest BCUT2D eigenvalue weighted by Gasteiger charge is -2.54. The Bertz CT molecular complexity index is 743. The molecule has 0 amide bonds. The molecule has 0 bridgehead atoms. The van der Waals surface area contributed by atoms with E-state index in [0.717, 1.165) is 69.2 Å². The summed E-state index contributed by atoms with van der Waals surface area (Å²) in [5.74, 6) is 2.00. The highest BCUT2D eigenvalue weighted by atomic mass is 32.1. The zero-order valence-electron chi connectivity index (χ0n) is 15.8. The van der Waals surface area contributed by atoms with Crippen molar-refractivity contribution >= 4 is 11.3 Å².